The Morgan fingerprint density at radius 1 is 1.00 bits per heavy atom. The minimum Gasteiger partial charge on any atom is -0.269 e. The fourth-order valence-corrected chi connectivity index (χ4v) is 2.58. The molecule has 2 heterocycles. The Kier molecular flexibility index (Phi) is 2.60. The van der Waals surface area contributed by atoms with Crippen molar-refractivity contribution in [3.8, 4) is 0 Å². The highest BCUT2D eigenvalue weighted by molar-refractivity contribution is 6.21. The van der Waals surface area contributed by atoms with E-state index < -0.39 is 0 Å². The van der Waals surface area contributed by atoms with Gasteiger partial charge in [0.05, 0.1) is 35.3 Å². The Labute approximate surface area is 121 Å². The van der Waals surface area contributed by atoms with Gasteiger partial charge in [-0.2, -0.15) is 0 Å². The quantitative estimate of drug-likeness (QED) is 0.808. The van der Waals surface area contributed by atoms with E-state index in [1.807, 2.05) is 0 Å². The number of hydrogen-bond acceptors (Lipinski definition) is 4. The molecule has 5 heteroatoms. The number of nitrogens with zero attached hydrogens (tertiary/aromatic N) is 3. The number of hydrogen-bond donors (Lipinski definition) is 0. The molecule has 0 atom stereocenters. The van der Waals surface area contributed by atoms with Crippen molar-refractivity contribution in [1.82, 2.24) is 14.9 Å². The molecule has 1 aliphatic carbocycles. The van der Waals surface area contributed by atoms with Crippen LogP contribution in [0.15, 0.2) is 36.7 Å². The molecule has 104 valence electrons. The second kappa shape index (κ2) is 4.48. The molecule has 1 fully saturated rings. The second-order valence-electron chi connectivity index (χ2n) is 5.45. The van der Waals surface area contributed by atoms with Crippen LogP contribution in [0.3, 0.4) is 0 Å². The lowest BCUT2D eigenvalue weighted by molar-refractivity contribution is 0.0640. The molecule has 21 heavy (non-hydrogen) atoms. The average Bonchev–Trinajstić information content (AvgIpc) is 3.33. The number of aromatic nitrogens is 2. The van der Waals surface area contributed by atoms with Crippen LogP contribution in [0.5, 0.6) is 0 Å². The van der Waals surface area contributed by atoms with Gasteiger partial charge in [-0.15, -0.1) is 0 Å². The normalized spacial score (nSPS) is 17.2. The molecule has 1 aliphatic heterocycles. The van der Waals surface area contributed by atoms with Crippen LogP contribution in [0, 0.1) is 0 Å². The highest BCUT2D eigenvalue weighted by Gasteiger charge is 2.35. The minimum absolute atomic E-state index is 0.171. The molecule has 0 N–H and O–H groups in total. The molecule has 2 aromatic rings. The van der Waals surface area contributed by atoms with E-state index in [2.05, 4.69) is 9.97 Å². The summed E-state index contributed by atoms with van der Waals surface area (Å²) < 4.78 is 0. The van der Waals surface area contributed by atoms with Gasteiger partial charge < -0.3 is 0 Å². The van der Waals surface area contributed by atoms with E-state index in [0.29, 0.717) is 22.7 Å². The van der Waals surface area contributed by atoms with Crippen LogP contribution in [0.1, 0.15) is 50.9 Å². The summed E-state index contributed by atoms with van der Waals surface area (Å²) in [6, 6.07) is 6.88. The van der Waals surface area contributed by atoms with Crippen molar-refractivity contribution in [3.63, 3.8) is 0 Å². The van der Waals surface area contributed by atoms with Crippen molar-refractivity contribution < 1.29 is 9.59 Å². The number of carbonyl (C=O) groups excluding carboxylic acids is 2. The van der Waals surface area contributed by atoms with Crippen LogP contribution >= 0.6 is 0 Å². The molecule has 5 nitrogen and oxygen atoms in total. The fraction of sp³-hybridized carbons (Fsp3) is 0.250. The second-order valence-corrected chi connectivity index (χ2v) is 5.45. The Balaban J connectivity index is 1.57. The highest BCUT2D eigenvalue weighted by Crippen LogP contribution is 2.38. The first-order chi connectivity index (χ1) is 10.2. The molecule has 0 unspecified atom stereocenters. The lowest BCUT2D eigenvalue weighted by Crippen LogP contribution is -2.29. The third-order valence-electron chi connectivity index (χ3n) is 3.92. The zero-order chi connectivity index (χ0) is 14.4. The Hall–Kier alpha value is -2.56. The van der Waals surface area contributed by atoms with Crippen molar-refractivity contribution in [2.24, 2.45) is 0 Å². The molecule has 1 aromatic carbocycles. The predicted molar refractivity (Wildman–Crippen MR) is 74.7 cm³/mol. The fourth-order valence-electron chi connectivity index (χ4n) is 2.58. The molecule has 2 aliphatic rings. The number of imide groups is 1. The predicted octanol–water partition coefficient (Wildman–Crippen LogP) is 2.15. The number of benzene rings is 1. The highest BCUT2D eigenvalue weighted by atomic mass is 16.2. The third kappa shape index (κ3) is 2.01. The molecular weight excluding hydrogens is 266 g/mol. The van der Waals surface area contributed by atoms with Crippen LogP contribution in [0.25, 0.3) is 0 Å². The van der Waals surface area contributed by atoms with E-state index in [0.717, 1.165) is 5.69 Å². The van der Waals surface area contributed by atoms with Crippen LogP contribution < -0.4 is 0 Å². The van der Waals surface area contributed by atoms with Gasteiger partial charge in [-0.25, -0.2) is 0 Å². The Morgan fingerprint density at radius 2 is 1.67 bits per heavy atom. The first kappa shape index (κ1) is 12.2. The van der Waals surface area contributed by atoms with Crippen molar-refractivity contribution >= 4 is 11.8 Å². The van der Waals surface area contributed by atoms with Gasteiger partial charge in [-0.3, -0.25) is 24.5 Å². The number of amides is 2. The lowest BCUT2D eigenvalue weighted by Gasteiger charge is -2.13. The molecule has 0 bridgehead atoms. The molecule has 0 spiro atoms. The van der Waals surface area contributed by atoms with Crippen molar-refractivity contribution in [2.75, 3.05) is 0 Å². The summed E-state index contributed by atoms with van der Waals surface area (Å²) in [5.41, 5.74) is 2.56. The maximum absolute atomic E-state index is 12.3. The largest absolute Gasteiger partial charge is 0.269 e. The van der Waals surface area contributed by atoms with Gasteiger partial charge in [-0.05, 0) is 25.0 Å². The molecule has 4 rings (SSSR count). The molecule has 2 amide bonds. The van der Waals surface area contributed by atoms with E-state index in [4.69, 9.17) is 0 Å². The zero-order valence-electron chi connectivity index (χ0n) is 11.3. The molecule has 1 saturated carbocycles. The van der Waals surface area contributed by atoms with Crippen LogP contribution in [0.2, 0.25) is 0 Å². The van der Waals surface area contributed by atoms with E-state index in [1.54, 1.807) is 36.7 Å². The third-order valence-corrected chi connectivity index (χ3v) is 3.92. The van der Waals surface area contributed by atoms with Gasteiger partial charge >= 0.3 is 0 Å². The Bertz CT molecular complexity index is 700. The summed E-state index contributed by atoms with van der Waals surface area (Å²) in [7, 11) is 0. The lowest BCUT2D eigenvalue weighted by atomic mass is 10.1. The summed E-state index contributed by atoms with van der Waals surface area (Å²) in [6.07, 6.45) is 5.77. The SMILES string of the molecule is O=C1c2ccccc2C(=O)N1Cc1cnc(C2CC2)cn1. The smallest absolute Gasteiger partial charge is 0.261 e. The molecule has 0 saturated heterocycles. The monoisotopic (exact) mass is 279 g/mol. The van der Waals surface area contributed by atoms with Gasteiger partial charge in [0, 0.05) is 12.1 Å². The average molecular weight is 279 g/mol. The van der Waals surface area contributed by atoms with Gasteiger partial charge in [0.1, 0.15) is 0 Å². The first-order valence-corrected chi connectivity index (χ1v) is 7.00. The van der Waals surface area contributed by atoms with Gasteiger partial charge in [0.25, 0.3) is 11.8 Å². The van der Waals surface area contributed by atoms with Crippen molar-refractivity contribution in [2.45, 2.75) is 25.3 Å². The molecule has 0 radical (unpaired) electrons. The van der Waals surface area contributed by atoms with Gasteiger partial charge in [0.15, 0.2) is 0 Å². The van der Waals surface area contributed by atoms with E-state index in [1.165, 1.54) is 17.7 Å². The van der Waals surface area contributed by atoms with Crippen molar-refractivity contribution in [3.05, 3.63) is 59.2 Å². The maximum atomic E-state index is 12.3. The van der Waals surface area contributed by atoms with Crippen LogP contribution in [0.4, 0.5) is 0 Å². The molecular formula is C16H13N3O2. The Morgan fingerprint density at radius 3 is 2.19 bits per heavy atom. The summed E-state index contributed by atoms with van der Waals surface area (Å²) in [5.74, 6) is 0.0261. The van der Waals surface area contributed by atoms with E-state index in [-0.39, 0.29) is 18.4 Å². The molecule has 1 aromatic heterocycles. The van der Waals surface area contributed by atoms with E-state index >= 15 is 0 Å². The topological polar surface area (TPSA) is 63.2 Å². The number of fused-ring (bicyclic) bond motifs is 1. The zero-order valence-corrected chi connectivity index (χ0v) is 11.3. The summed E-state index contributed by atoms with van der Waals surface area (Å²) >= 11 is 0. The van der Waals surface area contributed by atoms with Gasteiger partial charge in [0.2, 0.25) is 0 Å². The summed E-state index contributed by atoms with van der Waals surface area (Å²) in [6.45, 7) is 0.171. The van der Waals surface area contributed by atoms with E-state index in [9.17, 15) is 9.59 Å². The maximum Gasteiger partial charge on any atom is 0.261 e. The first-order valence-electron chi connectivity index (χ1n) is 7.00. The van der Waals surface area contributed by atoms with Gasteiger partial charge in [-0.1, -0.05) is 12.1 Å². The number of rotatable bonds is 3. The van der Waals surface area contributed by atoms with Crippen molar-refractivity contribution in [1.29, 1.82) is 0 Å². The minimum atomic E-state index is -0.260. The van der Waals surface area contributed by atoms with Crippen LogP contribution in [-0.4, -0.2) is 26.7 Å². The summed E-state index contributed by atoms with van der Waals surface area (Å²) in [5, 5.41) is 0. The number of carbonyl (C=O) groups is 2. The summed E-state index contributed by atoms with van der Waals surface area (Å²) in [4.78, 5) is 34.4. The standard InChI is InChI=1S/C16H13N3O2/c20-15-12-3-1-2-4-13(12)16(21)19(15)9-11-7-18-14(8-17-11)10-5-6-10/h1-4,7-8,10H,5-6,9H2. The van der Waals surface area contributed by atoms with Crippen LogP contribution in [-0.2, 0) is 6.54 Å².